The number of nitrogens with one attached hydrogen (secondary N) is 1. The van der Waals surface area contributed by atoms with Gasteiger partial charge in [-0.25, -0.2) is 4.39 Å². The minimum atomic E-state index is -0.424. The second-order valence-electron chi connectivity index (χ2n) is 7.25. The Morgan fingerprint density at radius 3 is 2.45 bits per heavy atom. The Labute approximate surface area is 193 Å². The van der Waals surface area contributed by atoms with Crippen LogP contribution in [-0.4, -0.2) is 21.3 Å². The monoisotopic (exact) mass is 472 g/mol. The van der Waals surface area contributed by atoms with Crippen molar-refractivity contribution in [1.82, 2.24) is 20.1 Å². The van der Waals surface area contributed by atoms with Crippen LogP contribution in [0.4, 0.5) is 4.39 Å². The molecule has 2 aromatic carbocycles. The molecule has 156 valence electrons. The van der Waals surface area contributed by atoms with Gasteiger partial charge < -0.3 is 5.32 Å². The van der Waals surface area contributed by atoms with E-state index in [2.05, 4.69) is 10.3 Å². The molecule has 5 rings (SSSR count). The van der Waals surface area contributed by atoms with E-state index in [9.17, 15) is 4.39 Å². The summed E-state index contributed by atoms with van der Waals surface area (Å²) in [5.74, 6) is -0.424. The number of pyridine rings is 1. The molecule has 4 aromatic rings. The summed E-state index contributed by atoms with van der Waals surface area (Å²) in [4.78, 5) is 4.13. The Morgan fingerprint density at radius 1 is 0.968 bits per heavy atom. The number of hydrogen-bond acceptors (Lipinski definition) is 3. The van der Waals surface area contributed by atoms with Crippen molar-refractivity contribution in [2.45, 2.75) is 12.6 Å². The van der Waals surface area contributed by atoms with Crippen LogP contribution in [-0.2, 0) is 6.54 Å². The molecule has 1 atom stereocenters. The largest absolute Gasteiger partial charge is 0.303 e. The number of nitrogens with zero attached hydrogens (tertiary/aromatic N) is 3. The summed E-state index contributed by atoms with van der Waals surface area (Å²) in [6.07, 6.45) is 3.42. The Balaban J connectivity index is 1.79. The van der Waals surface area contributed by atoms with Gasteiger partial charge in [0.15, 0.2) is 0 Å². The first-order chi connectivity index (χ1) is 15.0. The SMILES string of the molecule is Fc1cc(Cl)ccc1-c1nn2c(c1-c1ccncc1)C(c1ccc(Cl)cc1Cl)NCC2. The summed E-state index contributed by atoms with van der Waals surface area (Å²) in [5.41, 5.74) is 4.44. The molecule has 0 radical (unpaired) electrons. The molecule has 8 heteroatoms. The summed E-state index contributed by atoms with van der Waals surface area (Å²) in [6.45, 7) is 1.33. The van der Waals surface area contributed by atoms with E-state index in [4.69, 9.17) is 39.9 Å². The van der Waals surface area contributed by atoms with Crippen molar-refractivity contribution in [2.75, 3.05) is 6.54 Å². The number of fused-ring (bicyclic) bond motifs is 1. The Morgan fingerprint density at radius 2 is 1.71 bits per heavy atom. The molecule has 31 heavy (non-hydrogen) atoms. The van der Waals surface area contributed by atoms with Crippen LogP contribution >= 0.6 is 34.8 Å². The van der Waals surface area contributed by atoms with Crippen LogP contribution in [0.1, 0.15) is 17.3 Å². The van der Waals surface area contributed by atoms with E-state index in [1.54, 1.807) is 30.6 Å². The predicted octanol–water partition coefficient (Wildman–Crippen LogP) is 6.40. The second kappa shape index (κ2) is 8.24. The lowest BCUT2D eigenvalue weighted by molar-refractivity contribution is 0.436. The fraction of sp³-hybridized carbons (Fsp3) is 0.130. The van der Waals surface area contributed by atoms with Gasteiger partial charge in [0, 0.05) is 45.1 Å². The zero-order chi connectivity index (χ0) is 21.5. The van der Waals surface area contributed by atoms with Crippen LogP contribution < -0.4 is 5.32 Å². The standard InChI is InChI=1S/C23H16Cl3FN4/c24-14-1-3-16(18(26)11-14)22-23-20(13-5-7-28-8-6-13)21(30-31(23)10-9-29-22)17-4-2-15(25)12-19(17)27/h1-8,11-12,22,29H,9-10H2. The van der Waals surface area contributed by atoms with Crippen molar-refractivity contribution in [1.29, 1.82) is 0 Å². The molecule has 0 saturated carbocycles. The molecule has 4 nitrogen and oxygen atoms in total. The van der Waals surface area contributed by atoms with Gasteiger partial charge in [0.05, 0.1) is 18.3 Å². The fourth-order valence-electron chi connectivity index (χ4n) is 4.02. The second-order valence-corrected chi connectivity index (χ2v) is 8.53. The summed E-state index contributed by atoms with van der Waals surface area (Å²) in [5, 5.41) is 9.80. The third-order valence-corrected chi connectivity index (χ3v) is 6.16. The van der Waals surface area contributed by atoms with Gasteiger partial charge in [-0.2, -0.15) is 5.10 Å². The lowest BCUT2D eigenvalue weighted by Gasteiger charge is -2.27. The molecule has 1 N–H and O–H groups in total. The molecule has 3 heterocycles. The zero-order valence-corrected chi connectivity index (χ0v) is 18.4. The molecule has 1 aliphatic heterocycles. The number of rotatable bonds is 3. The van der Waals surface area contributed by atoms with E-state index < -0.39 is 5.82 Å². The maximum atomic E-state index is 14.9. The molecule has 0 aliphatic carbocycles. The molecule has 0 spiro atoms. The van der Waals surface area contributed by atoms with Crippen molar-refractivity contribution >= 4 is 34.8 Å². The van der Waals surface area contributed by atoms with Crippen LogP contribution in [0.3, 0.4) is 0 Å². The Bertz CT molecular complexity index is 1270. The topological polar surface area (TPSA) is 42.7 Å². The molecule has 0 fully saturated rings. The number of hydrogen-bond donors (Lipinski definition) is 1. The van der Waals surface area contributed by atoms with Crippen LogP contribution in [0.25, 0.3) is 22.4 Å². The van der Waals surface area contributed by atoms with Crippen LogP contribution in [0, 0.1) is 5.82 Å². The maximum Gasteiger partial charge on any atom is 0.134 e. The predicted molar refractivity (Wildman–Crippen MR) is 122 cm³/mol. The van der Waals surface area contributed by atoms with Gasteiger partial charge in [0.1, 0.15) is 11.5 Å². The minimum Gasteiger partial charge on any atom is -0.303 e. The minimum absolute atomic E-state index is 0.238. The van der Waals surface area contributed by atoms with E-state index in [1.165, 1.54) is 6.07 Å². The van der Waals surface area contributed by atoms with Crippen molar-refractivity contribution in [2.24, 2.45) is 0 Å². The van der Waals surface area contributed by atoms with Gasteiger partial charge in [0.2, 0.25) is 0 Å². The third kappa shape index (κ3) is 3.72. The van der Waals surface area contributed by atoms with Gasteiger partial charge in [-0.15, -0.1) is 0 Å². The molecule has 1 aliphatic rings. The fourth-order valence-corrected chi connectivity index (χ4v) is 4.69. The lowest BCUT2D eigenvalue weighted by Crippen LogP contribution is -2.34. The summed E-state index contributed by atoms with van der Waals surface area (Å²) in [6, 6.07) is 13.6. The van der Waals surface area contributed by atoms with Gasteiger partial charge in [-0.05, 0) is 53.6 Å². The number of halogens is 4. The first kappa shape index (κ1) is 20.5. The highest BCUT2D eigenvalue weighted by atomic mass is 35.5. The highest BCUT2D eigenvalue weighted by molar-refractivity contribution is 6.35. The van der Waals surface area contributed by atoms with Crippen LogP contribution in [0.2, 0.25) is 15.1 Å². The van der Waals surface area contributed by atoms with Gasteiger partial charge in [-0.3, -0.25) is 9.67 Å². The average Bonchev–Trinajstić information content (AvgIpc) is 3.14. The van der Waals surface area contributed by atoms with Gasteiger partial charge in [0.25, 0.3) is 0 Å². The molecular formula is C23H16Cl3FN4. The molecule has 1 unspecified atom stereocenters. The van der Waals surface area contributed by atoms with Crippen LogP contribution in [0.15, 0.2) is 60.9 Å². The Hall–Kier alpha value is -2.44. The van der Waals surface area contributed by atoms with Crippen molar-refractivity contribution in [3.05, 3.63) is 93.1 Å². The molecule has 0 amide bonds. The van der Waals surface area contributed by atoms with Crippen LogP contribution in [0.5, 0.6) is 0 Å². The van der Waals surface area contributed by atoms with E-state index in [-0.39, 0.29) is 6.04 Å². The highest BCUT2D eigenvalue weighted by Gasteiger charge is 2.32. The quantitative estimate of drug-likeness (QED) is 0.374. The van der Waals surface area contributed by atoms with Crippen molar-refractivity contribution in [3.63, 3.8) is 0 Å². The first-order valence-electron chi connectivity index (χ1n) is 9.68. The number of benzene rings is 2. The lowest BCUT2D eigenvalue weighted by atomic mass is 9.92. The summed E-state index contributed by atoms with van der Waals surface area (Å²) in [7, 11) is 0. The summed E-state index contributed by atoms with van der Waals surface area (Å²) >= 11 is 18.7. The van der Waals surface area contributed by atoms with Crippen molar-refractivity contribution < 1.29 is 4.39 Å². The number of aromatic nitrogens is 3. The highest BCUT2D eigenvalue weighted by Crippen LogP contribution is 2.42. The van der Waals surface area contributed by atoms with Gasteiger partial charge in [-0.1, -0.05) is 40.9 Å². The van der Waals surface area contributed by atoms with E-state index >= 15 is 0 Å². The maximum absolute atomic E-state index is 14.9. The van der Waals surface area contributed by atoms with E-state index in [0.717, 1.165) is 22.4 Å². The molecule has 2 aromatic heterocycles. The smallest absolute Gasteiger partial charge is 0.134 e. The van der Waals surface area contributed by atoms with E-state index in [0.29, 0.717) is 39.4 Å². The zero-order valence-electron chi connectivity index (χ0n) is 16.1. The first-order valence-corrected chi connectivity index (χ1v) is 10.8. The van der Waals surface area contributed by atoms with E-state index in [1.807, 2.05) is 28.9 Å². The van der Waals surface area contributed by atoms with Crippen molar-refractivity contribution in [3.8, 4) is 22.4 Å². The molecular weight excluding hydrogens is 458 g/mol. The summed E-state index contributed by atoms with van der Waals surface area (Å²) < 4.78 is 16.8. The molecule has 0 bridgehead atoms. The normalized spacial score (nSPS) is 15.7. The third-order valence-electron chi connectivity index (χ3n) is 5.37. The van der Waals surface area contributed by atoms with Gasteiger partial charge >= 0.3 is 0 Å². The average molecular weight is 474 g/mol. The Kier molecular flexibility index (Phi) is 5.44. The molecule has 0 saturated heterocycles.